The summed E-state index contributed by atoms with van der Waals surface area (Å²) in [5, 5.41) is 0. The van der Waals surface area contributed by atoms with Crippen LogP contribution in [0.15, 0.2) is 0 Å². The van der Waals surface area contributed by atoms with Gasteiger partial charge in [-0.15, -0.1) is 4.20 Å². The second-order valence-corrected chi connectivity index (χ2v) is 2.56. The van der Waals surface area contributed by atoms with Crippen LogP contribution in [0.5, 0.6) is 0 Å². The molecular weight excluding hydrogens is 117 g/mol. The predicted octanol–water partition coefficient (Wildman–Crippen LogP) is 1.30. The molecule has 0 bridgehead atoms. The monoisotopic (exact) mass is 118 g/mol. The Morgan fingerprint density at radius 3 is 2.00 bits per heavy atom. The lowest BCUT2D eigenvalue weighted by atomic mass is 15.9. The maximum Gasteiger partial charge on any atom is 0.458 e. The molecule has 0 radical (unpaired) electrons. The van der Waals surface area contributed by atoms with E-state index < -0.39 is 7.03 Å². The normalized spacial score (nSPS) is 21.4. The number of rotatable bonds is 0. The molecule has 0 aliphatic carbocycles. The van der Waals surface area contributed by atoms with Gasteiger partial charge in [-0.2, -0.15) is 0 Å². The lowest BCUT2D eigenvalue weighted by Gasteiger charge is -1.75. The smallest absolute Gasteiger partial charge is 0.309 e. The first-order valence-electron chi connectivity index (χ1n) is 0.721. The average Bonchev–Trinajstić information content (AvgIpc) is 0.722. The highest BCUT2D eigenvalue weighted by Crippen LogP contribution is 2.47. The van der Waals surface area contributed by atoms with Gasteiger partial charge in [0.25, 0.3) is 0 Å². The quantitative estimate of drug-likeness (QED) is 0.487. The molecule has 1 N–H and O–H groups in total. The van der Waals surface area contributed by atoms with Crippen LogP contribution in [0.3, 0.4) is 0 Å². The summed E-state index contributed by atoms with van der Waals surface area (Å²) in [5.41, 5.74) is 0. The molecule has 2 nitrogen and oxygen atoms in total. The largest absolute Gasteiger partial charge is 0.458 e. The van der Waals surface area contributed by atoms with Crippen LogP contribution in [0, 0.1) is 0 Å². The maximum absolute atomic E-state index is 10.6. The van der Waals surface area contributed by atoms with E-state index in [1.807, 2.05) is 0 Å². The highest BCUT2D eigenvalue weighted by atomic mass is 35.7. The molecule has 32 valence electrons. The summed E-state index contributed by atoms with van der Waals surface area (Å²) in [6.45, 7) is 0. The fourth-order valence-electron chi connectivity index (χ4n) is 0. The van der Waals surface area contributed by atoms with Crippen LogP contribution < -0.4 is 0 Å². The second-order valence-electron chi connectivity index (χ2n) is 0.435. The molecule has 0 heterocycles. The van der Waals surface area contributed by atoms with E-state index in [4.69, 9.17) is 9.46 Å². The average molecular weight is 118 g/mol. The van der Waals surface area contributed by atoms with E-state index in [2.05, 4.69) is 11.2 Å². The van der Waals surface area contributed by atoms with Crippen molar-refractivity contribution in [2.45, 2.75) is 0 Å². The summed E-state index contributed by atoms with van der Waals surface area (Å²) in [4.78, 5) is 7.18. The highest BCUT2D eigenvalue weighted by Gasteiger charge is 2.05. The Labute approximate surface area is 32.9 Å². The van der Waals surface area contributed by atoms with Crippen LogP contribution in [0.1, 0.15) is 0 Å². The van der Waals surface area contributed by atoms with Crippen LogP contribution in [0.4, 0.5) is 4.20 Å². The molecule has 0 aromatic rings. The molecule has 0 aliphatic heterocycles. The van der Waals surface area contributed by atoms with E-state index in [1.54, 1.807) is 0 Å². The van der Waals surface area contributed by atoms with Crippen molar-refractivity contribution in [3.05, 3.63) is 0 Å². The van der Waals surface area contributed by atoms with Crippen LogP contribution in [0.2, 0.25) is 0 Å². The number of halogens is 2. The van der Waals surface area contributed by atoms with Crippen LogP contribution in [-0.2, 0) is 4.57 Å². The van der Waals surface area contributed by atoms with Gasteiger partial charge in [-0.3, -0.25) is 0 Å². The Hall–Kier alpha value is 0.410. The van der Waals surface area contributed by atoms with E-state index in [1.165, 1.54) is 0 Å². The zero-order chi connectivity index (χ0) is 4.50. The summed E-state index contributed by atoms with van der Waals surface area (Å²) >= 11 is 3.97. The Morgan fingerprint density at radius 1 is 2.00 bits per heavy atom. The molecule has 5 heavy (non-hydrogen) atoms. The first-order chi connectivity index (χ1) is 2.00. The zero-order valence-corrected chi connectivity index (χ0v) is 3.71. The van der Waals surface area contributed by atoms with E-state index in [0.717, 1.165) is 0 Å². The molecule has 0 aromatic heterocycles. The molecule has 0 aromatic carbocycles. The van der Waals surface area contributed by atoms with Crippen LogP contribution >= 0.6 is 18.3 Å². The van der Waals surface area contributed by atoms with Crippen LogP contribution in [-0.4, -0.2) is 4.89 Å². The summed E-state index contributed by atoms with van der Waals surface area (Å²) in [6.07, 6.45) is 0. The Bertz CT molecular complexity index is 55.8. The Balaban J connectivity index is 3.47. The fourth-order valence-corrected chi connectivity index (χ4v) is 0. The van der Waals surface area contributed by atoms with Gasteiger partial charge in [-0.25, -0.2) is 4.57 Å². The molecule has 0 fully saturated rings. The van der Waals surface area contributed by atoms with E-state index in [0.29, 0.717) is 0 Å². The van der Waals surface area contributed by atoms with Crippen molar-refractivity contribution < 1.29 is 13.7 Å². The van der Waals surface area contributed by atoms with Crippen molar-refractivity contribution in [1.29, 1.82) is 0 Å². The summed E-state index contributed by atoms with van der Waals surface area (Å²) < 4.78 is 19.4. The van der Waals surface area contributed by atoms with Gasteiger partial charge in [0.15, 0.2) is 0 Å². The SMILES string of the molecule is O=P(O)(F)Cl. The van der Waals surface area contributed by atoms with Gasteiger partial charge < -0.3 is 4.89 Å². The topological polar surface area (TPSA) is 37.3 Å². The molecule has 0 amide bonds. The molecule has 0 rings (SSSR count). The van der Waals surface area contributed by atoms with Gasteiger partial charge in [-0.05, 0) is 0 Å². The van der Waals surface area contributed by atoms with Crippen molar-refractivity contribution in [3.63, 3.8) is 0 Å². The van der Waals surface area contributed by atoms with Gasteiger partial charge in [0.2, 0.25) is 0 Å². The van der Waals surface area contributed by atoms with Crippen molar-refractivity contribution in [2.75, 3.05) is 0 Å². The van der Waals surface area contributed by atoms with Crippen molar-refractivity contribution >= 4 is 18.3 Å². The third-order valence-corrected chi connectivity index (χ3v) is 0. The first kappa shape index (κ1) is 5.41. The van der Waals surface area contributed by atoms with Gasteiger partial charge in [0.05, 0.1) is 0 Å². The van der Waals surface area contributed by atoms with Gasteiger partial charge >= 0.3 is 7.03 Å². The van der Waals surface area contributed by atoms with Gasteiger partial charge in [-0.1, -0.05) is 0 Å². The second kappa shape index (κ2) is 1.25. The summed E-state index contributed by atoms with van der Waals surface area (Å²) in [5.74, 6) is 0. The van der Waals surface area contributed by atoms with E-state index in [-0.39, 0.29) is 0 Å². The summed E-state index contributed by atoms with van der Waals surface area (Å²) in [7, 11) is -4.67. The first-order valence-corrected chi connectivity index (χ1v) is 3.18. The lowest BCUT2D eigenvalue weighted by molar-refractivity contribution is 0.451. The third kappa shape index (κ3) is 152. The van der Waals surface area contributed by atoms with Crippen LogP contribution in [0.25, 0.3) is 0 Å². The molecule has 0 saturated carbocycles. The molecule has 1 unspecified atom stereocenters. The fraction of sp³-hybridized carbons (Fsp3) is 0. The standard InChI is InChI=1S/ClFHO2P/c1-5(2,3)4/h(H,3,4). The molecular formula is HClFO2P. The highest BCUT2D eigenvalue weighted by molar-refractivity contribution is 7.80. The number of hydrogen-bond acceptors (Lipinski definition) is 1. The number of hydrogen-bond donors (Lipinski definition) is 1. The minimum absolute atomic E-state index is 3.97. The minimum Gasteiger partial charge on any atom is -0.309 e. The zero-order valence-electron chi connectivity index (χ0n) is 2.06. The van der Waals surface area contributed by atoms with E-state index in [9.17, 15) is 4.20 Å². The lowest BCUT2D eigenvalue weighted by Crippen LogP contribution is -1.42. The Kier molecular flexibility index (Phi) is 1.35. The molecule has 1 atom stereocenters. The predicted molar refractivity (Wildman–Crippen MR) is 16.8 cm³/mol. The summed E-state index contributed by atoms with van der Waals surface area (Å²) in [6, 6.07) is 0. The molecule has 0 spiro atoms. The van der Waals surface area contributed by atoms with Crippen molar-refractivity contribution in [1.82, 2.24) is 0 Å². The minimum atomic E-state index is -4.67. The molecule has 0 saturated heterocycles. The molecule has 0 aliphatic rings. The van der Waals surface area contributed by atoms with E-state index >= 15 is 0 Å². The Morgan fingerprint density at radius 2 is 2.00 bits per heavy atom. The third-order valence-electron chi connectivity index (χ3n) is 0. The van der Waals surface area contributed by atoms with Crippen molar-refractivity contribution in [2.24, 2.45) is 0 Å². The van der Waals surface area contributed by atoms with Crippen molar-refractivity contribution in [3.8, 4) is 0 Å². The van der Waals surface area contributed by atoms with Gasteiger partial charge in [0.1, 0.15) is 0 Å². The molecule has 5 heteroatoms. The maximum atomic E-state index is 10.6. The van der Waals surface area contributed by atoms with Gasteiger partial charge in [0, 0.05) is 11.2 Å².